The van der Waals surface area contributed by atoms with E-state index in [1.807, 2.05) is 24.4 Å². The smallest absolute Gasteiger partial charge is 0.178 e. The molecule has 0 fully saturated rings. The van der Waals surface area contributed by atoms with Gasteiger partial charge in [-0.05, 0) is 30.0 Å². The predicted octanol–water partition coefficient (Wildman–Crippen LogP) is 2.58. The van der Waals surface area contributed by atoms with Gasteiger partial charge >= 0.3 is 0 Å². The minimum atomic E-state index is 0.725. The number of aromatic amines is 1. The van der Waals surface area contributed by atoms with Gasteiger partial charge in [-0.2, -0.15) is 0 Å². The molecule has 3 aromatic rings. The molecule has 0 aliphatic rings. The molecule has 0 radical (unpaired) electrons. The highest BCUT2D eigenvalue weighted by Crippen LogP contribution is 2.33. The van der Waals surface area contributed by atoms with Gasteiger partial charge in [0.1, 0.15) is 0 Å². The zero-order valence-corrected chi connectivity index (χ0v) is 9.51. The number of nitrogens with one attached hydrogen (secondary N) is 1. The molecule has 3 aromatic heterocycles. The van der Waals surface area contributed by atoms with Crippen molar-refractivity contribution in [3.05, 3.63) is 29.3 Å². The van der Waals surface area contributed by atoms with Crippen LogP contribution in [0.3, 0.4) is 0 Å². The van der Waals surface area contributed by atoms with E-state index in [0.29, 0.717) is 0 Å². The molecule has 4 nitrogen and oxygen atoms in total. The summed E-state index contributed by atoms with van der Waals surface area (Å²) in [6, 6.07) is 3.84. The third kappa shape index (κ3) is 1.29. The van der Waals surface area contributed by atoms with Crippen molar-refractivity contribution in [3.63, 3.8) is 0 Å². The molecule has 0 bridgehead atoms. The number of nitrogen functional groups attached to an aromatic ring is 1. The number of nitrogens with two attached hydrogens (primary N) is 1. The molecule has 3 N–H and O–H groups in total. The third-order valence-electron chi connectivity index (χ3n) is 2.50. The number of imidazole rings is 1. The Morgan fingerprint density at radius 2 is 2.31 bits per heavy atom. The Hall–Kier alpha value is -1.88. The highest BCUT2D eigenvalue weighted by Gasteiger charge is 2.11. The van der Waals surface area contributed by atoms with Gasteiger partial charge in [-0.25, -0.2) is 9.97 Å². The van der Waals surface area contributed by atoms with Crippen LogP contribution in [0.4, 0.5) is 5.69 Å². The first-order chi connectivity index (χ1) is 7.75. The number of thiophene rings is 1. The number of rotatable bonds is 1. The molecule has 16 heavy (non-hydrogen) atoms. The van der Waals surface area contributed by atoms with E-state index >= 15 is 0 Å². The number of aromatic nitrogens is 3. The summed E-state index contributed by atoms with van der Waals surface area (Å²) in [5, 5.41) is 2.03. The van der Waals surface area contributed by atoms with E-state index in [4.69, 9.17) is 5.73 Å². The van der Waals surface area contributed by atoms with Crippen molar-refractivity contribution < 1.29 is 0 Å². The van der Waals surface area contributed by atoms with Crippen molar-refractivity contribution in [1.29, 1.82) is 0 Å². The number of hydrogen-bond donors (Lipinski definition) is 2. The monoisotopic (exact) mass is 230 g/mol. The minimum Gasteiger partial charge on any atom is -0.397 e. The molecule has 0 unspecified atom stereocenters. The van der Waals surface area contributed by atoms with Crippen LogP contribution >= 0.6 is 11.3 Å². The standard InChI is InChI=1S/C11H10N4S/c1-6-5-16-9(8(6)12)11-14-7-3-2-4-13-10(7)15-11/h2-5H,12H2,1H3,(H,13,14,15). The molecule has 0 saturated heterocycles. The Morgan fingerprint density at radius 3 is 3.00 bits per heavy atom. The fourth-order valence-corrected chi connectivity index (χ4v) is 2.51. The largest absolute Gasteiger partial charge is 0.397 e. The van der Waals surface area contributed by atoms with Gasteiger partial charge in [0, 0.05) is 6.20 Å². The molecule has 80 valence electrons. The molecule has 3 heterocycles. The predicted molar refractivity (Wildman–Crippen MR) is 66.4 cm³/mol. The first-order valence-corrected chi connectivity index (χ1v) is 5.78. The summed E-state index contributed by atoms with van der Waals surface area (Å²) < 4.78 is 0. The van der Waals surface area contributed by atoms with E-state index in [1.165, 1.54) is 0 Å². The van der Waals surface area contributed by atoms with E-state index in [1.54, 1.807) is 17.5 Å². The normalized spacial score (nSPS) is 11.1. The molecule has 0 atom stereocenters. The maximum Gasteiger partial charge on any atom is 0.178 e. The van der Waals surface area contributed by atoms with Gasteiger partial charge in [0.2, 0.25) is 0 Å². The third-order valence-corrected chi connectivity index (χ3v) is 3.62. The van der Waals surface area contributed by atoms with E-state index in [0.717, 1.165) is 33.1 Å². The highest BCUT2D eigenvalue weighted by molar-refractivity contribution is 7.14. The van der Waals surface area contributed by atoms with Gasteiger partial charge in [0.05, 0.1) is 16.1 Å². The highest BCUT2D eigenvalue weighted by atomic mass is 32.1. The van der Waals surface area contributed by atoms with Gasteiger partial charge in [-0.3, -0.25) is 0 Å². The Bertz CT molecular complexity index is 620. The Labute approximate surface area is 96.2 Å². The number of aryl methyl sites for hydroxylation is 1. The van der Waals surface area contributed by atoms with Crippen LogP contribution in [0.2, 0.25) is 0 Å². The fourth-order valence-electron chi connectivity index (χ4n) is 1.59. The van der Waals surface area contributed by atoms with Crippen LogP contribution in [0.15, 0.2) is 23.7 Å². The summed E-state index contributed by atoms with van der Waals surface area (Å²) in [5.41, 5.74) is 9.53. The van der Waals surface area contributed by atoms with Crippen molar-refractivity contribution in [1.82, 2.24) is 15.0 Å². The molecule has 5 heteroatoms. The molecular weight excluding hydrogens is 220 g/mol. The number of pyridine rings is 1. The average molecular weight is 230 g/mol. The lowest BCUT2D eigenvalue weighted by Gasteiger charge is -1.94. The van der Waals surface area contributed by atoms with E-state index in [-0.39, 0.29) is 0 Å². The van der Waals surface area contributed by atoms with E-state index < -0.39 is 0 Å². The van der Waals surface area contributed by atoms with Crippen molar-refractivity contribution >= 4 is 28.2 Å². The van der Waals surface area contributed by atoms with Gasteiger partial charge in [0.15, 0.2) is 11.5 Å². The number of anilines is 1. The second kappa shape index (κ2) is 3.31. The number of H-pyrrole nitrogens is 1. The quantitative estimate of drug-likeness (QED) is 0.675. The van der Waals surface area contributed by atoms with Crippen LogP contribution in [0.5, 0.6) is 0 Å². The van der Waals surface area contributed by atoms with Gasteiger partial charge in [-0.1, -0.05) is 0 Å². The van der Waals surface area contributed by atoms with E-state index in [2.05, 4.69) is 15.0 Å². The van der Waals surface area contributed by atoms with Crippen LogP contribution in [0.1, 0.15) is 5.56 Å². The molecule has 3 rings (SSSR count). The molecule has 0 aliphatic carbocycles. The molecule has 0 aliphatic heterocycles. The molecule has 0 saturated carbocycles. The number of hydrogen-bond acceptors (Lipinski definition) is 4. The Morgan fingerprint density at radius 1 is 1.44 bits per heavy atom. The lowest BCUT2D eigenvalue weighted by atomic mass is 10.3. The Kier molecular flexibility index (Phi) is 1.94. The first kappa shape index (κ1) is 9.35. The summed E-state index contributed by atoms with van der Waals surface area (Å²) in [4.78, 5) is 12.8. The average Bonchev–Trinajstić information content (AvgIpc) is 2.84. The summed E-state index contributed by atoms with van der Waals surface area (Å²) in [5.74, 6) is 0.796. The molecular formula is C11H10N4S. The molecule has 0 aromatic carbocycles. The number of nitrogens with zero attached hydrogens (tertiary/aromatic N) is 2. The summed E-state index contributed by atoms with van der Waals surface area (Å²) >= 11 is 1.60. The first-order valence-electron chi connectivity index (χ1n) is 4.90. The fraction of sp³-hybridized carbons (Fsp3) is 0.0909. The maximum absolute atomic E-state index is 5.99. The summed E-state index contributed by atoms with van der Waals surface area (Å²) in [6.07, 6.45) is 1.73. The maximum atomic E-state index is 5.99. The van der Waals surface area contributed by atoms with Gasteiger partial charge in [0.25, 0.3) is 0 Å². The lowest BCUT2D eigenvalue weighted by molar-refractivity contribution is 1.31. The van der Waals surface area contributed by atoms with E-state index in [9.17, 15) is 0 Å². The lowest BCUT2D eigenvalue weighted by Crippen LogP contribution is -1.88. The van der Waals surface area contributed by atoms with Crippen LogP contribution in [-0.2, 0) is 0 Å². The topological polar surface area (TPSA) is 67.6 Å². The van der Waals surface area contributed by atoms with Crippen LogP contribution < -0.4 is 5.73 Å². The SMILES string of the molecule is Cc1csc(-c2nc3ncccc3[nH]2)c1N. The zero-order chi connectivity index (χ0) is 11.1. The second-order valence-corrected chi connectivity index (χ2v) is 4.50. The Balaban J connectivity index is 2.23. The second-order valence-electron chi connectivity index (χ2n) is 3.62. The van der Waals surface area contributed by atoms with Gasteiger partial charge < -0.3 is 10.7 Å². The summed E-state index contributed by atoms with van der Waals surface area (Å²) in [7, 11) is 0. The van der Waals surface area contributed by atoms with Crippen LogP contribution in [0.25, 0.3) is 21.9 Å². The summed E-state index contributed by atoms with van der Waals surface area (Å²) in [6.45, 7) is 2.00. The van der Waals surface area contributed by atoms with Gasteiger partial charge in [-0.15, -0.1) is 11.3 Å². The molecule has 0 amide bonds. The zero-order valence-electron chi connectivity index (χ0n) is 8.69. The van der Waals surface area contributed by atoms with Crippen LogP contribution in [0, 0.1) is 6.92 Å². The van der Waals surface area contributed by atoms with Crippen molar-refractivity contribution in [2.24, 2.45) is 0 Å². The van der Waals surface area contributed by atoms with Crippen molar-refractivity contribution in [2.75, 3.05) is 5.73 Å². The number of fused-ring (bicyclic) bond motifs is 1. The van der Waals surface area contributed by atoms with Crippen molar-refractivity contribution in [2.45, 2.75) is 6.92 Å². The van der Waals surface area contributed by atoms with Crippen LogP contribution in [-0.4, -0.2) is 15.0 Å². The van der Waals surface area contributed by atoms with Crippen molar-refractivity contribution in [3.8, 4) is 10.7 Å². The molecule has 0 spiro atoms. The minimum absolute atomic E-state index is 0.725.